The van der Waals surface area contributed by atoms with Crippen LogP contribution in [0.2, 0.25) is 0 Å². The van der Waals surface area contributed by atoms with E-state index in [1.807, 2.05) is 0 Å². The second kappa shape index (κ2) is 2.92. The highest BCUT2D eigenvalue weighted by Gasteiger charge is 2.55. The molecule has 0 heterocycles. The number of fused-ring (bicyclic) bond motifs is 1. The third-order valence-corrected chi connectivity index (χ3v) is 3.47. The minimum Gasteiger partial charge on any atom is -0.396 e. The van der Waals surface area contributed by atoms with E-state index in [-0.39, 0.29) is 17.8 Å². The predicted molar refractivity (Wildman–Crippen MR) is 46.7 cm³/mol. The highest BCUT2D eigenvalue weighted by molar-refractivity contribution is 5.85. The molecule has 11 heavy (non-hydrogen) atoms. The van der Waals surface area contributed by atoms with Gasteiger partial charge in [0.15, 0.2) is 0 Å². The summed E-state index contributed by atoms with van der Waals surface area (Å²) in [5.74, 6) is 1.53. The number of hydrogen-bond donors (Lipinski definition) is 2. The highest BCUT2D eigenvalue weighted by atomic mass is 35.5. The Morgan fingerprint density at radius 3 is 2.45 bits per heavy atom. The minimum atomic E-state index is 0. The van der Waals surface area contributed by atoms with Crippen LogP contribution >= 0.6 is 12.4 Å². The minimum absolute atomic E-state index is 0. The molecule has 1 unspecified atom stereocenters. The van der Waals surface area contributed by atoms with Crippen LogP contribution in [0.25, 0.3) is 0 Å². The molecule has 3 rings (SSSR count). The maximum Gasteiger partial charge on any atom is 0.0490 e. The summed E-state index contributed by atoms with van der Waals surface area (Å²) in [7, 11) is 0. The van der Waals surface area contributed by atoms with Crippen LogP contribution in [0.4, 0.5) is 0 Å². The quantitative estimate of drug-likeness (QED) is 0.655. The number of aliphatic hydroxyl groups is 1. The number of aliphatic hydroxyl groups excluding tert-OH is 1. The van der Waals surface area contributed by atoms with Crippen molar-refractivity contribution in [2.24, 2.45) is 23.0 Å². The summed E-state index contributed by atoms with van der Waals surface area (Å²) >= 11 is 0. The fourth-order valence-electron chi connectivity index (χ4n) is 2.85. The van der Waals surface area contributed by atoms with Crippen LogP contribution in [0.5, 0.6) is 0 Å². The summed E-state index contributed by atoms with van der Waals surface area (Å²) in [6.45, 7) is 1.14. The van der Waals surface area contributed by atoms with Crippen molar-refractivity contribution in [2.45, 2.75) is 19.3 Å². The topological polar surface area (TPSA) is 46.2 Å². The van der Waals surface area contributed by atoms with E-state index in [0.29, 0.717) is 12.5 Å². The standard InChI is InChI=1S/C8H15NO.ClH/c9-4-7-1-6-2-8(7,3-6)5-10;/h6-7,10H,1-5,9H2;1H. The van der Waals surface area contributed by atoms with E-state index in [4.69, 9.17) is 10.8 Å². The first kappa shape index (κ1) is 9.30. The predicted octanol–water partition coefficient (Wildman–Crippen LogP) is 0.775. The first-order chi connectivity index (χ1) is 4.80. The average molecular weight is 178 g/mol. The van der Waals surface area contributed by atoms with Crippen LogP contribution in [-0.2, 0) is 0 Å². The molecule has 0 aliphatic heterocycles. The van der Waals surface area contributed by atoms with Gasteiger partial charge in [-0.3, -0.25) is 0 Å². The Morgan fingerprint density at radius 1 is 1.45 bits per heavy atom. The number of rotatable bonds is 2. The van der Waals surface area contributed by atoms with E-state index >= 15 is 0 Å². The van der Waals surface area contributed by atoms with Gasteiger partial charge in [0.2, 0.25) is 0 Å². The van der Waals surface area contributed by atoms with E-state index in [1.54, 1.807) is 0 Å². The molecule has 0 radical (unpaired) electrons. The van der Waals surface area contributed by atoms with Crippen molar-refractivity contribution in [3.63, 3.8) is 0 Å². The molecule has 66 valence electrons. The Balaban J connectivity index is 0.000000605. The van der Waals surface area contributed by atoms with Gasteiger partial charge in [-0.1, -0.05) is 0 Å². The van der Waals surface area contributed by atoms with Crippen molar-refractivity contribution in [1.82, 2.24) is 0 Å². The van der Waals surface area contributed by atoms with Gasteiger partial charge in [0.05, 0.1) is 0 Å². The van der Waals surface area contributed by atoms with Crippen LogP contribution in [0.3, 0.4) is 0 Å². The van der Waals surface area contributed by atoms with Gasteiger partial charge in [0, 0.05) is 6.61 Å². The average Bonchev–Trinajstić information content (AvgIpc) is 2.37. The molecular formula is C8H16ClNO. The second-order valence-electron chi connectivity index (χ2n) is 3.96. The van der Waals surface area contributed by atoms with E-state index < -0.39 is 0 Å². The molecule has 0 aromatic carbocycles. The summed E-state index contributed by atoms with van der Waals surface area (Å²) in [5, 5.41) is 9.11. The van der Waals surface area contributed by atoms with Gasteiger partial charge in [0.1, 0.15) is 0 Å². The highest BCUT2D eigenvalue weighted by Crippen LogP contribution is 2.61. The number of hydrogen-bond acceptors (Lipinski definition) is 2. The molecule has 0 aromatic rings. The zero-order valence-electron chi connectivity index (χ0n) is 6.62. The molecule has 3 N–H and O–H groups in total. The number of nitrogens with two attached hydrogens (primary N) is 1. The molecule has 0 amide bonds. The Labute approximate surface area is 73.6 Å². The molecular weight excluding hydrogens is 162 g/mol. The summed E-state index contributed by atoms with van der Waals surface area (Å²) in [6.07, 6.45) is 3.76. The molecule has 0 spiro atoms. The van der Waals surface area contributed by atoms with Gasteiger partial charge in [-0.05, 0) is 43.1 Å². The van der Waals surface area contributed by atoms with Crippen LogP contribution in [0.15, 0.2) is 0 Å². The number of halogens is 1. The fourth-order valence-corrected chi connectivity index (χ4v) is 2.85. The lowest BCUT2D eigenvalue weighted by Crippen LogP contribution is -2.38. The summed E-state index contributed by atoms with van der Waals surface area (Å²) < 4.78 is 0. The molecule has 3 aliphatic carbocycles. The monoisotopic (exact) mass is 177 g/mol. The summed E-state index contributed by atoms with van der Waals surface area (Å²) in [4.78, 5) is 0. The van der Waals surface area contributed by atoms with Gasteiger partial charge in [-0.25, -0.2) is 0 Å². The third-order valence-electron chi connectivity index (χ3n) is 3.47. The molecule has 0 saturated heterocycles. The third kappa shape index (κ3) is 1.08. The Morgan fingerprint density at radius 2 is 2.09 bits per heavy atom. The first-order valence-electron chi connectivity index (χ1n) is 4.12. The molecule has 3 heteroatoms. The van der Waals surface area contributed by atoms with Crippen LogP contribution in [-0.4, -0.2) is 18.3 Å². The molecule has 3 fully saturated rings. The van der Waals surface area contributed by atoms with Crippen molar-refractivity contribution in [2.75, 3.05) is 13.2 Å². The molecule has 3 saturated carbocycles. The van der Waals surface area contributed by atoms with Gasteiger partial charge in [0.25, 0.3) is 0 Å². The molecule has 0 aromatic heterocycles. The van der Waals surface area contributed by atoms with Crippen LogP contribution in [0, 0.1) is 17.3 Å². The Hall–Kier alpha value is 0.210. The lowest BCUT2D eigenvalue weighted by molar-refractivity contribution is 0.0287. The van der Waals surface area contributed by atoms with Crippen molar-refractivity contribution < 1.29 is 5.11 Å². The normalized spacial score (nSPS) is 46.4. The maximum absolute atomic E-state index is 9.11. The zero-order chi connectivity index (χ0) is 7.19. The van der Waals surface area contributed by atoms with Crippen LogP contribution < -0.4 is 5.73 Å². The molecule has 1 atom stereocenters. The zero-order valence-corrected chi connectivity index (χ0v) is 7.44. The summed E-state index contributed by atoms with van der Waals surface area (Å²) in [6, 6.07) is 0. The van der Waals surface area contributed by atoms with Crippen molar-refractivity contribution >= 4 is 12.4 Å². The lowest BCUT2D eigenvalue weighted by Gasteiger charge is -2.39. The molecule has 2 nitrogen and oxygen atoms in total. The first-order valence-corrected chi connectivity index (χ1v) is 4.12. The van der Waals surface area contributed by atoms with E-state index in [0.717, 1.165) is 12.5 Å². The largest absolute Gasteiger partial charge is 0.396 e. The Bertz CT molecular complexity index is 142. The molecule has 3 aliphatic rings. The van der Waals surface area contributed by atoms with Gasteiger partial charge in [-0.15, -0.1) is 12.4 Å². The second-order valence-corrected chi connectivity index (χ2v) is 3.96. The van der Waals surface area contributed by atoms with Gasteiger partial charge >= 0.3 is 0 Å². The van der Waals surface area contributed by atoms with Crippen molar-refractivity contribution in [1.29, 1.82) is 0 Å². The van der Waals surface area contributed by atoms with Crippen molar-refractivity contribution in [3.05, 3.63) is 0 Å². The van der Waals surface area contributed by atoms with E-state index in [9.17, 15) is 0 Å². The lowest BCUT2D eigenvalue weighted by atomic mass is 9.67. The van der Waals surface area contributed by atoms with Crippen molar-refractivity contribution in [3.8, 4) is 0 Å². The van der Waals surface area contributed by atoms with Gasteiger partial charge < -0.3 is 10.8 Å². The molecule has 2 bridgehead atoms. The summed E-state index contributed by atoms with van der Waals surface area (Å²) in [5.41, 5.74) is 5.88. The van der Waals surface area contributed by atoms with E-state index in [1.165, 1.54) is 19.3 Å². The SMILES string of the molecule is Cl.NCC1CC2CC1(CO)C2. The fraction of sp³-hybridized carbons (Fsp3) is 1.00. The van der Waals surface area contributed by atoms with Crippen LogP contribution in [0.1, 0.15) is 19.3 Å². The van der Waals surface area contributed by atoms with E-state index in [2.05, 4.69) is 0 Å². The maximum atomic E-state index is 9.11. The van der Waals surface area contributed by atoms with Gasteiger partial charge in [-0.2, -0.15) is 0 Å². The smallest absolute Gasteiger partial charge is 0.0490 e. The Kier molecular flexibility index (Phi) is 2.47.